The van der Waals surface area contributed by atoms with Crippen LogP contribution < -0.4 is 9.47 Å². The number of aryl methyl sites for hydroxylation is 1. The van der Waals surface area contributed by atoms with E-state index in [2.05, 4.69) is 16.9 Å². The standard InChI is InChI=1S/C12H13NO2S/c1-4-5-15-10-6-9(14-3)12-11(13-10)8(2)7-16-12/h4,6-7H,1,5H2,2-3H3. The van der Waals surface area contributed by atoms with Crippen LogP contribution in [0.1, 0.15) is 5.56 Å². The lowest BCUT2D eigenvalue weighted by Gasteiger charge is -2.06. The molecule has 2 aromatic heterocycles. The van der Waals surface area contributed by atoms with Gasteiger partial charge in [0.25, 0.3) is 0 Å². The van der Waals surface area contributed by atoms with Crippen molar-refractivity contribution in [2.75, 3.05) is 13.7 Å². The monoisotopic (exact) mass is 235 g/mol. The van der Waals surface area contributed by atoms with Crippen LogP contribution in [0.2, 0.25) is 0 Å². The molecule has 16 heavy (non-hydrogen) atoms. The van der Waals surface area contributed by atoms with E-state index in [9.17, 15) is 0 Å². The lowest BCUT2D eigenvalue weighted by Crippen LogP contribution is -1.96. The minimum atomic E-state index is 0.449. The highest BCUT2D eigenvalue weighted by atomic mass is 32.1. The maximum Gasteiger partial charge on any atom is 0.217 e. The van der Waals surface area contributed by atoms with E-state index in [0.29, 0.717) is 12.5 Å². The van der Waals surface area contributed by atoms with E-state index in [4.69, 9.17) is 9.47 Å². The largest absolute Gasteiger partial charge is 0.495 e. The van der Waals surface area contributed by atoms with Crippen molar-refractivity contribution in [1.29, 1.82) is 0 Å². The topological polar surface area (TPSA) is 31.4 Å². The molecule has 0 aliphatic carbocycles. The molecule has 2 rings (SSSR count). The average Bonchev–Trinajstić information content (AvgIpc) is 2.68. The summed E-state index contributed by atoms with van der Waals surface area (Å²) in [6, 6.07) is 1.81. The third-order valence-electron chi connectivity index (χ3n) is 2.21. The van der Waals surface area contributed by atoms with Gasteiger partial charge in [0.1, 0.15) is 12.4 Å². The van der Waals surface area contributed by atoms with Crippen molar-refractivity contribution in [3.05, 3.63) is 29.7 Å². The molecule has 0 spiro atoms. The molecule has 2 aromatic rings. The van der Waals surface area contributed by atoms with E-state index in [1.165, 1.54) is 0 Å². The van der Waals surface area contributed by atoms with Crippen molar-refractivity contribution in [3.63, 3.8) is 0 Å². The third-order valence-corrected chi connectivity index (χ3v) is 3.31. The lowest BCUT2D eigenvalue weighted by atomic mass is 10.3. The van der Waals surface area contributed by atoms with Crippen LogP contribution in [-0.2, 0) is 0 Å². The summed E-state index contributed by atoms with van der Waals surface area (Å²) in [5, 5.41) is 2.07. The molecule has 4 heteroatoms. The molecule has 0 aliphatic rings. The first-order chi connectivity index (χ1) is 7.76. The second kappa shape index (κ2) is 4.53. The summed E-state index contributed by atoms with van der Waals surface area (Å²) in [5.41, 5.74) is 2.09. The lowest BCUT2D eigenvalue weighted by molar-refractivity contribution is 0.345. The fraction of sp³-hybridized carbons (Fsp3) is 0.250. The zero-order valence-corrected chi connectivity index (χ0v) is 10.1. The molecular weight excluding hydrogens is 222 g/mol. The summed E-state index contributed by atoms with van der Waals surface area (Å²) in [4.78, 5) is 4.44. The summed E-state index contributed by atoms with van der Waals surface area (Å²) in [6.07, 6.45) is 1.69. The van der Waals surface area contributed by atoms with E-state index in [-0.39, 0.29) is 0 Å². The van der Waals surface area contributed by atoms with Gasteiger partial charge in [0, 0.05) is 6.07 Å². The smallest absolute Gasteiger partial charge is 0.217 e. The third kappa shape index (κ3) is 1.88. The molecule has 0 saturated heterocycles. The summed E-state index contributed by atoms with van der Waals surface area (Å²) >= 11 is 1.63. The number of ether oxygens (including phenoxy) is 2. The fourth-order valence-electron chi connectivity index (χ4n) is 1.44. The van der Waals surface area contributed by atoms with Gasteiger partial charge in [0.15, 0.2) is 0 Å². The van der Waals surface area contributed by atoms with E-state index >= 15 is 0 Å². The van der Waals surface area contributed by atoms with E-state index in [0.717, 1.165) is 21.5 Å². The van der Waals surface area contributed by atoms with Crippen LogP contribution in [-0.4, -0.2) is 18.7 Å². The first-order valence-corrected chi connectivity index (χ1v) is 5.80. The van der Waals surface area contributed by atoms with E-state index < -0.39 is 0 Å². The van der Waals surface area contributed by atoms with E-state index in [1.807, 2.05) is 13.0 Å². The number of thiophene rings is 1. The van der Waals surface area contributed by atoms with Gasteiger partial charge in [-0.3, -0.25) is 0 Å². The van der Waals surface area contributed by atoms with Gasteiger partial charge in [-0.05, 0) is 17.9 Å². The van der Waals surface area contributed by atoms with Crippen molar-refractivity contribution in [2.24, 2.45) is 0 Å². The van der Waals surface area contributed by atoms with Gasteiger partial charge < -0.3 is 9.47 Å². The number of fused-ring (bicyclic) bond motifs is 1. The average molecular weight is 235 g/mol. The number of aromatic nitrogens is 1. The Morgan fingerprint density at radius 3 is 3.06 bits per heavy atom. The first kappa shape index (κ1) is 11.0. The Morgan fingerprint density at radius 1 is 1.56 bits per heavy atom. The number of hydrogen-bond donors (Lipinski definition) is 0. The van der Waals surface area contributed by atoms with Crippen LogP contribution in [0.4, 0.5) is 0 Å². The van der Waals surface area contributed by atoms with Crippen molar-refractivity contribution in [1.82, 2.24) is 4.98 Å². The molecule has 2 heterocycles. The normalized spacial score (nSPS) is 10.4. The first-order valence-electron chi connectivity index (χ1n) is 4.92. The molecular formula is C12H13NO2S. The Hall–Kier alpha value is -1.55. The van der Waals surface area contributed by atoms with Crippen molar-refractivity contribution in [2.45, 2.75) is 6.92 Å². The van der Waals surface area contributed by atoms with Gasteiger partial charge in [-0.25, -0.2) is 4.98 Å². The predicted molar refractivity (Wildman–Crippen MR) is 66.6 cm³/mol. The van der Waals surface area contributed by atoms with Crippen LogP contribution in [0.5, 0.6) is 11.6 Å². The Kier molecular flexibility index (Phi) is 3.10. The van der Waals surface area contributed by atoms with Gasteiger partial charge >= 0.3 is 0 Å². The van der Waals surface area contributed by atoms with Gasteiger partial charge in [-0.1, -0.05) is 12.7 Å². The second-order valence-corrected chi connectivity index (χ2v) is 4.24. The van der Waals surface area contributed by atoms with Gasteiger partial charge in [-0.2, -0.15) is 0 Å². The quantitative estimate of drug-likeness (QED) is 0.763. The van der Waals surface area contributed by atoms with Crippen LogP contribution in [0.15, 0.2) is 24.1 Å². The molecule has 0 unspecified atom stereocenters. The highest BCUT2D eigenvalue weighted by Crippen LogP contribution is 2.34. The molecule has 0 bridgehead atoms. The van der Waals surface area contributed by atoms with Gasteiger partial charge in [0.2, 0.25) is 5.88 Å². The number of pyridine rings is 1. The van der Waals surface area contributed by atoms with Gasteiger partial charge in [-0.15, -0.1) is 11.3 Å². The molecule has 84 valence electrons. The Bertz CT molecular complexity index is 519. The SMILES string of the molecule is C=CCOc1cc(OC)c2scc(C)c2n1. The van der Waals surface area contributed by atoms with Gasteiger partial charge in [0.05, 0.1) is 17.3 Å². The Morgan fingerprint density at radius 2 is 2.38 bits per heavy atom. The zero-order valence-electron chi connectivity index (χ0n) is 9.32. The van der Waals surface area contributed by atoms with Crippen molar-refractivity contribution < 1.29 is 9.47 Å². The maximum absolute atomic E-state index is 5.43. The minimum Gasteiger partial charge on any atom is -0.495 e. The number of nitrogens with zero attached hydrogens (tertiary/aromatic N) is 1. The molecule has 0 radical (unpaired) electrons. The molecule has 0 aromatic carbocycles. The molecule has 0 atom stereocenters. The molecule has 0 fully saturated rings. The van der Waals surface area contributed by atoms with E-state index in [1.54, 1.807) is 24.5 Å². The summed E-state index contributed by atoms with van der Waals surface area (Å²) in [6.45, 7) is 6.09. The molecule has 0 amide bonds. The second-order valence-electron chi connectivity index (χ2n) is 3.36. The Labute approximate surface area is 98.3 Å². The van der Waals surface area contributed by atoms with Crippen LogP contribution >= 0.6 is 11.3 Å². The predicted octanol–water partition coefficient (Wildman–Crippen LogP) is 3.18. The fourth-order valence-corrected chi connectivity index (χ4v) is 2.42. The summed E-state index contributed by atoms with van der Waals surface area (Å²) in [5.74, 6) is 1.38. The summed E-state index contributed by atoms with van der Waals surface area (Å²) < 4.78 is 11.8. The number of rotatable bonds is 4. The number of hydrogen-bond acceptors (Lipinski definition) is 4. The van der Waals surface area contributed by atoms with Crippen molar-refractivity contribution >= 4 is 21.6 Å². The van der Waals surface area contributed by atoms with Crippen LogP contribution in [0, 0.1) is 6.92 Å². The molecule has 0 aliphatic heterocycles. The molecule has 3 nitrogen and oxygen atoms in total. The van der Waals surface area contributed by atoms with Crippen molar-refractivity contribution in [3.8, 4) is 11.6 Å². The van der Waals surface area contributed by atoms with Crippen LogP contribution in [0.3, 0.4) is 0 Å². The minimum absolute atomic E-state index is 0.449. The Balaban J connectivity index is 2.52. The highest BCUT2D eigenvalue weighted by Gasteiger charge is 2.10. The molecule has 0 N–H and O–H groups in total. The zero-order chi connectivity index (χ0) is 11.5. The summed E-state index contributed by atoms with van der Waals surface area (Å²) in [7, 11) is 1.65. The maximum atomic E-state index is 5.43. The highest BCUT2D eigenvalue weighted by molar-refractivity contribution is 7.17. The van der Waals surface area contributed by atoms with Crippen LogP contribution in [0.25, 0.3) is 10.2 Å². The molecule has 0 saturated carbocycles. The number of methoxy groups -OCH3 is 1.